The Bertz CT molecular complexity index is 1170. The summed E-state index contributed by atoms with van der Waals surface area (Å²) in [6, 6.07) is 15.3. The van der Waals surface area contributed by atoms with Crippen LogP contribution in [0.15, 0.2) is 53.3 Å². The van der Waals surface area contributed by atoms with E-state index in [2.05, 4.69) is 9.97 Å². The molecule has 0 aliphatic rings. The second kappa shape index (κ2) is 7.36. The van der Waals surface area contributed by atoms with Crippen LogP contribution >= 0.6 is 11.3 Å². The van der Waals surface area contributed by atoms with E-state index >= 15 is 0 Å². The first kappa shape index (κ1) is 18.1. The number of rotatable bonds is 5. The Labute approximate surface area is 165 Å². The number of nitrogens with zero attached hydrogens (tertiary/aromatic N) is 1. The second-order valence-corrected chi connectivity index (χ2v) is 7.05. The number of H-pyrrole nitrogens is 1. The highest BCUT2D eigenvalue weighted by molar-refractivity contribution is 7.21. The largest absolute Gasteiger partial charge is 0.493 e. The monoisotopic (exact) mass is 394 g/mol. The zero-order valence-electron chi connectivity index (χ0n) is 15.6. The highest BCUT2D eigenvalue weighted by Crippen LogP contribution is 2.41. The Morgan fingerprint density at radius 3 is 2.18 bits per heavy atom. The first-order valence-electron chi connectivity index (χ1n) is 8.54. The lowest BCUT2D eigenvalue weighted by Gasteiger charge is -2.13. The van der Waals surface area contributed by atoms with Crippen LogP contribution < -0.4 is 19.8 Å². The number of methoxy groups -OCH3 is 3. The smallest absolute Gasteiger partial charge is 0.259 e. The van der Waals surface area contributed by atoms with E-state index in [1.54, 1.807) is 33.5 Å². The highest BCUT2D eigenvalue weighted by atomic mass is 32.1. The first-order chi connectivity index (χ1) is 13.6. The summed E-state index contributed by atoms with van der Waals surface area (Å²) in [5.41, 5.74) is 1.54. The number of hydrogen-bond donors (Lipinski definition) is 1. The normalized spacial score (nSPS) is 10.8. The third-order valence-corrected chi connectivity index (χ3v) is 5.48. The molecule has 0 amide bonds. The van der Waals surface area contributed by atoms with Gasteiger partial charge in [-0.1, -0.05) is 30.3 Å². The Morgan fingerprint density at radius 1 is 0.893 bits per heavy atom. The van der Waals surface area contributed by atoms with Crippen LogP contribution in [0.5, 0.6) is 17.2 Å². The van der Waals surface area contributed by atoms with Gasteiger partial charge in [-0.3, -0.25) is 4.79 Å². The number of hydrogen-bond acceptors (Lipinski definition) is 6. The number of nitrogens with one attached hydrogen (secondary N) is 1. The van der Waals surface area contributed by atoms with Crippen molar-refractivity contribution in [3.8, 4) is 39.1 Å². The fraction of sp³-hybridized carbons (Fsp3) is 0.143. The zero-order chi connectivity index (χ0) is 19.7. The van der Waals surface area contributed by atoms with Crippen LogP contribution in [-0.4, -0.2) is 31.3 Å². The molecule has 28 heavy (non-hydrogen) atoms. The summed E-state index contributed by atoms with van der Waals surface area (Å²) in [7, 11) is 4.64. The SMILES string of the molecule is COc1cc(-c2nc3sc(-c4ccccc4)cc3c(=O)[nH]2)cc(OC)c1OC. The van der Waals surface area contributed by atoms with E-state index in [-0.39, 0.29) is 5.56 Å². The van der Waals surface area contributed by atoms with Gasteiger partial charge in [-0.25, -0.2) is 4.98 Å². The molecular formula is C21H18N2O4S. The molecule has 0 saturated carbocycles. The molecule has 4 rings (SSSR count). The van der Waals surface area contributed by atoms with Gasteiger partial charge < -0.3 is 19.2 Å². The van der Waals surface area contributed by atoms with Gasteiger partial charge >= 0.3 is 0 Å². The third kappa shape index (κ3) is 3.10. The van der Waals surface area contributed by atoms with Gasteiger partial charge in [-0.05, 0) is 23.8 Å². The van der Waals surface area contributed by atoms with Crippen molar-refractivity contribution in [1.29, 1.82) is 0 Å². The lowest BCUT2D eigenvalue weighted by molar-refractivity contribution is 0.324. The maximum atomic E-state index is 12.7. The number of aromatic nitrogens is 2. The maximum Gasteiger partial charge on any atom is 0.259 e. The number of thiophene rings is 1. The van der Waals surface area contributed by atoms with Crippen molar-refractivity contribution in [2.24, 2.45) is 0 Å². The van der Waals surface area contributed by atoms with Gasteiger partial charge in [0.05, 0.1) is 26.7 Å². The topological polar surface area (TPSA) is 73.4 Å². The summed E-state index contributed by atoms with van der Waals surface area (Å²) < 4.78 is 16.2. The molecule has 2 heterocycles. The number of benzene rings is 2. The molecule has 0 bridgehead atoms. The molecule has 2 aromatic heterocycles. The standard InChI is InChI=1S/C21H18N2O4S/c1-25-15-9-13(10-16(26-2)18(15)27-3)19-22-20(24)14-11-17(28-21(14)23-19)12-7-5-4-6-8-12/h4-11H,1-3H3,(H,22,23,24). The molecule has 1 N–H and O–H groups in total. The summed E-state index contributed by atoms with van der Waals surface area (Å²) in [6.07, 6.45) is 0. The van der Waals surface area contributed by atoms with E-state index in [9.17, 15) is 4.79 Å². The first-order valence-corrected chi connectivity index (χ1v) is 9.36. The van der Waals surface area contributed by atoms with E-state index in [4.69, 9.17) is 14.2 Å². The second-order valence-electron chi connectivity index (χ2n) is 6.02. The van der Waals surface area contributed by atoms with Crippen LogP contribution in [0.1, 0.15) is 0 Å². The summed E-state index contributed by atoms with van der Waals surface area (Å²) >= 11 is 1.48. The van der Waals surface area contributed by atoms with Crippen molar-refractivity contribution >= 4 is 21.6 Å². The molecular weight excluding hydrogens is 376 g/mol. The Balaban J connectivity index is 1.87. The predicted octanol–water partition coefficient (Wildman–Crippen LogP) is 4.34. The van der Waals surface area contributed by atoms with E-state index in [1.807, 2.05) is 36.4 Å². The molecule has 0 radical (unpaired) electrons. The quantitative estimate of drug-likeness (QED) is 0.545. The van der Waals surface area contributed by atoms with Gasteiger partial charge in [-0.2, -0.15) is 0 Å². The molecule has 0 fully saturated rings. The van der Waals surface area contributed by atoms with Crippen LogP contribution in [0.2, 0.25) is 0 Å². The molecule has 6 nitrogen and oxygen atoms in total. The third-order valence-electron chi connectivity index (χ3n) is 4.40. The lowest BCUT2D eigenvalue weighted by atomic mass is 10.1. The van der Waals surface area contributed by atoms with E-state index < -0.39 is 0 Å². The predicted molar refractivity (Wildman–Crippen MR) is 111 cm³/mol. The van der Waals surface area contributed by atoms with Gasteiger partial charge in [0.15, 0.2) is 11.5 Å². The van der Waals surface area contributed by atoms with E-state index in [1.165, 1.54) is 11.3 Å². The molecule has 142 valence electrons. The van der Waals surface area contributed by atoms with Crippen molar-refractivity contribution in [3.05, 3.63) is 58.9 Å². The summed E-state index contributed by atoms with van der Waals surface area (Å²) in [5, 5.41) is 0.569. The van der Waals surface area contributed by atoms with Crippen molar-refractivity contribution in [2.75, 3.05) is 21.3 Å². The van der Waals surface area contributed by atoms with E-state index in [0.717, 1.165) is 10.4 Å². The zero-order valence-corrected chi connectivity index (χ0v) is 16.4. The van der Waals surface area contributed by atoms with Crippen molar-refractivity contribution < 1.29 is 14.2 Å². The minimum Gasteiger partial charge on any atom is -0.493 e. The summed E-state index contributed by atoms with van der Waals surface area (Å²) in [4.78, 5) is 21.9. The van der Waals surface area contributed by atoms with Gasteiger partial charge in [0.25, 0.3) is 5.56 Å². The molecule has 2 aromatic carbocycles. The van der Waals surface area contributed by atoms with Gasteiger partial charge in [-0.15, -0.1) is 11.3 Å². The lowest BCUT2D eigenvalue weighted by Crippen LogP contribution is -2.08. The van der Waals surface area contributed by atoms with Crippen molar-refractivity contribution in [2.45, 2.75) is 0 Å². The van der Waals surface area contributed by atoms with Crippen LogP contribution in [0.4, 0.5) is 0 Å². The Morgan fingerprint density at radius 2 is 1.57 bits per heavy atom. The fourth-order valence-electron chi connectivity index (χ4n) is 3.03. The molecule has 0 spiro atoms. The van der Waals surface area contributed by atoms with Crippen LogP contribution in [0.3, 0.4) is 0 Å². The number of fused-ring (bicyclic) bond motifs is 1. The van der Waals surface area contributed by atoms with Crippen molar-refractivity contribution in [3.63, 3.8) is 0 Å². The Hall–Kier alpha value is -3.32. The molecule has 4 aromatic rings. The molecule has 7 heteroatoms. The molecule has 0 aliphatic heterocycles. The van der Waals surface area contributed by atoms with Crippen LogP contribution in [0, 0.1) is 0 Å². The highest BCUT2D eigenvalue weighted by Gasteiger charge is 2.17. The fourth-order valence-corrected chi connectivity index (χ4v) is 4.07. The van der Waals surface area contributed by atoms with Crippen molar-refractivity contribution in [1.82, 2.24) is 9.97 Å². The molecule has 0 atom stereocenters. The number of ether oxygens (including phenoxy) is 3. The Kier molecular flexibility index (Phi) is 4.75. The van der Waals surface area contributed by atoms with Gasteiger partial charge in [0.2, 0.25) is 5.75 Å². The summed E-state index contributed by atoms with van der Waals surface area (Å²) in [6.45, 7) is 0. The average Bonchev–Trinajstić information content (AvgIpc) is 3.18. The maximum absolute atomic E-state index is 12.7. The van der Waals surface area contributed by atoms with E-state index in [0.29, 0.717) is 38.9 Å². The molecule has 0 unspecified atom stereocenters. The molecule has 0 aliphatic carbocycles. The number of aromatic amines is 1. The minimum atomic E-state index is -0.188. The van der Waals surface area contributed by atoms with Crippen LogP contribution in [-0.2, 0) is 0 Å². The summed E-state index contributed by atoms with van der Waals surface area (Å²) in [5.74, 6) is 1.92. The van der Waals surface area contributed by atoms with Gasteiger partial charge in [0, 0.05) is 10.4 Å². The van der Waals surface area contributed by atoms with Gasteiger partial charge in [0.1, 0.15) is 10.7 Å². The molecule has 0 saturated heterocycles. The van der Waals surface area contributed by atoms with Crippen LogP contribution in [0.25, 0.3) is 32.0 Å². The minimum absolute atomic E-state index is 0.188. The average molecular weight is 394 g/mol.